The summed E-state index contributed by atoms with van der Waals surface area (Å²) < 4.78 is 1.10. The third-order valence-corrected chi connectivity index (χ3v) is 7.70. The van der Waals surface area contributed by atoms with Crippen LogP contribution < -0.4 is 0 Å². The summed E-state index contributed by atoms with van der Waals surface area (Å²) in [5.41, 5.74) is 1.20. The molecule has 4 heteroatoms. The van der Waals surface area contributed by atoms with Crippen molar-refractivity contribution in [1.29, 1.82) is 0 Å². The number of aliphatic hydroxyl groups excluding tert-OH is 1. The lowest BCUT2D eigenvalue weighted by Gasteiger charge is -2.34. The molecule has 0 aliphatic carbocycles. The number of aliphatic hydroxyl groups is 1. The highest BCUT2D eigenvalue weighted by atomic mass is 79.9. The minimum Gasteiger partial charge on any atom is -0.392 e. The zero-order valence-corrected chi connectivity index (χ0v) is 13.9. The molecule has 1 aromatic carbocycles. The van der Waals surface area contributed by atoms with Crippen LogP contribution in [0.2, 0.25) is 0 Å². The van der Waals surface area contributed by atoms with Crippen molar-refractivity contribution in [3.05, 3.63) is 34.3 Å². The van der Waals surface area contributed by atoms with Gasteiger partial charge in [0.15, 0.2) is 0 Å². The first-order valence-electron chi connectivity index (χ1n) is 6.26. The van der Waals surface area contributed by atoms with Crippen LogP contribution in [0.4, 0.5) is 0 Å². The molecule has 2 rings (SSSR count). The zero-order chi connectivity index (χ0) is 13.1. The Balaban J connectivity index is 1.96. The van der Waals surface area contributed by atoms with Gasteiger partial charge in [-0.05, 0) is 11.6 Å². The smallest absolute Gasteiger partial charge is 0.0707 e. The number of hydrogen-bond acceptors (Lipinski definition) is 3. The third-order valence-electron chi connectivity index (χ3n) is 3.39. The first-order valence-corrected chi connectivity index (χ1v) is 9.05. The first-order chi connectivity index (χ1) is 8.58. The van der Waals surface area contributed by atoms with Gasteiger partial charge in [-0.2, -0.15) is 23.5 Å². The van der Waals surface area contributed by atoms with Crippen molar-refractivity contribution in [3.8, 4) is 0 Å². The Kier molecular flexibility index (Phi) is 5.48. The fraction of sp³-hybridized carbons (Fsp3) is 0.571. The Labute approximate surface area is 126 Å². The molecule has 1 aliphatic rings. The topological polar surface area (TPSA) is 20.2 Å². The van der Waals surface area contributed by atoms with Crippen molar-refractivity contribution < 1.29 is 5.11 Å². The van der Waals surface area contributed by atoms with E-state index in [-0.39, 0.29) is 6.10 Å². The summed E-state index contributed by atoms with van der Waals surface area (Å²) in [5, 5.41) is 12.1. The van der Waals surface area contributed by atoms with Crippen molar-refractivity contribution in [2.45, 2.75) is 42.1 Å². The van der Waals surface area contributed by atoms with E-state index in [0.717, 1.165) is 16.6 Å². The van der Waals surface area contributed by atoms with Crippen LogP contribution in [-0.4, -0.2) is 32.7 Å². The molecule has 0 spiro atoms. The van der Waals surface area contributed by atoms with E-state index in [2.05, 4.69) is 35.8 Å². The molecule has 1 heterocycles. The van der Waals surface area contributed by atoms with Crippen molar-refractivity contribution in [2.75, 3.05) is 5.75 Å². The normalized spacial score (nSPS) is 30.1. The molecule has 1 saturated heterocycles. The summed E-state index contributed by atoms with van der Waals surface area (Å²) in [6.07, 6.45) is 0.483. The molecular weight excluding hydrogens is 328 g/mol. The Morgan fingerprint density at radius 1 is 1.33 bits per heavy atom. The van der Waals surface area contributed by atoms with Crippen LogP contribution >= 0.6 is 39.5 Å². The van der Waals surface area contributed by atoms with E-state index >= 15 is 0 Å². The summed E-state index contributed by atoms with van der Waals surface area (Å²) in [4.78, 5) is 0. The van der Waals surface area contributed by atoms with Crippen LogP contribution in [0.5, 0.6) is 0 Å². The predicted molar refractivity (Wildman–Crippen MR) is 86.6 cm³/mol. The van der Waals surface area contributed by atoms with Crippen molar-refractivity contribution in [3.63, 3.8) is 0 Å². The van der Waals surface area contributed by atoms with Gasteiger partial charge in [0.1, 0.15) is 0 Å². The molecule has 0 amide bonds. The number of hydrogen-bond donors (Lipinski definition) is 1. The predicted octanol–water partition coefficient (Wildman–Crippen LogP) is 3.98. The molecule has 4 atom stereocenters. The number of thioether (sulfide) groups is 2. The maximum absolute atomic E-state index is 10.4. The Bertz CT molecular complexity index is 399. The highest BCUT2D eigenvalue weighted by molar-refractivity contribution is 9.10. The maximum Gasteiger partial charge on any atom is 0.0707 e. The minimum absolute atomic E-state index is 0.254. The summed E-state index contributed by atoms with van der Waals surface area (Å²) in [6.45, 7) is 4.54. The van der Waals surface area contributed by atoms with E-state index in [1.54, 1.807) is 0 Å². The lowest BCUT2D eigenvalue weighted by atomic mass is 10.1. The maximum atomic E-state index is 10.4. The average Bonchev–Trinajstić information content (AvgIpc) is 2.35. The summed E-state index contributed by atoms with van der Waals surface area (Å²) in [6, 6.07) is 8.16. The zero-order valence-electron chi connectivity index (χ0n) is 10.7. The van der Waals surface area contributed by atoms with Crippen LogP contribution in [0.1, 0.15) is 19.4 Å². The lowest BCUT2D eigenvalue weighted by molar-refractivity contribution is 0.177. The van der Waals surface area contributed by atoms with Gasteiger partial charge in [0.2, 0.25) is 0 Å². The molecule has 0 aromatic heterocycles. The molecule has 1 N–H and O–H groups in total. The van der Waals surface area contributed by atoms with Gasteiger partial charge in [-0.25, -0.2) is 0 Å². The van der Waals surface area contributed by atoms with E-state index in [4.69, 9.17) is 0 Å². The second-order valence-corrected chi connectivity index (χ2v) is 8.67. The molecule has 0 saturated carbocycles. The second-order valence-electron chi connectivity index (χ2n) is 4.78. The van der Waals surface area contributed by atoms with Gasteiger partial charge < -0.3 is 5.11 Å². The van der Waals surface area contributed by atoms with Crippen LogP contribution in [0.25, 0.3) is 0 Å². The molecule has 1 aliphatic heterocycles. The van der Waals surface area contributed by atoms with Gasteiger partial charge in [0.25, 0.3) is 0 Å². The van der Waals surface area contributed by atoms with Crippen LogP contribution in [0.3, 0.4) is 0 Å². The molecule has 0 radical (unpaired) electrons. The Morgan fingerprint density at radius 3 is 2.72 bits per heavy atom. The van der Waals surface area contributed by atoms with Gasteiger partial charge in [0.05, 0.1) is 6.10 Å². The van der Waals surface area contributed by atoms with Crippen molar-refractivity contribution in [1.82, 2.24) is 0 Å². The second kappa shape index (κ2) is 6.69. The van der Waals surface area contributed by atoms with Crippen LogP contribution in [0, 0.1) is 0 Å². The van der Waals surface area contributed by atoms with Crippen LogP contribution in [0.15, 0.2) is 28.7 Å². The van der Waals surface area contributed by atoms with Crippen molar-refractivity contribution in [2.24, 2.45) is 0 Å². The molecular formula is C14H19BrOS2. The highest BCUT2D eigenvalue weighted by Crippen LogP contribution is 2.37. The van der Waals surface area contributed by atoms with E-state index in [9.17, 15) is 5.11 Å². The van der Waals surface area contributed by atoms with Crippen molar-refractivity contribution >= 4 is 39.5 Å². The quantitative estimate of drug-likeness (QED) is 0.893. The SMILES string of the molecule is CC1SCC(C(O)Cc2ccccc2Br)SC1C. The Morgan fingerprint density at radius 2 is 2.06 bits per heavy atom. The molecule has 18 heavy (non-hydrogen) atoms. The van der Waals surface area contributed by atoms with E-state index < -0.39 is 0 Å². The van der Waals surface area contributed by atoms with Gasteiger partial charge in [-0.3, -0.25) is 0 Å². The van der Waals surface area contributed by atoms with E-state index in [1.807, 2.05) is 41.7 Å². The average molecular weight is 347 g/mol. The highest BCUT2D eigenvalue weighted by Gasteiger charge is 2.30. The fourth-order valence-electron chi connectivity index (χ4n) is 2.03. The standard InChI is InChI=1S/C14H19BrOS2/c1-9-10(2)18-14(8-17-9)13(16)7-11-5-3-4-6-12(11)15/h3-6,9-10,13-14,16H,7-8H2,1-2H3. The summed E-state index contributed by atoms with van der Waals surface area (Å²) in [7, 11) is 0. The fourth-order valence-corrected chi connectivity index (χ4v) is 5.49. The van der Waals surface area contributed by atoms with E-state index in [0.29, 0.717) is 15.7 Å². The Hall–Kier alpha value is 0.360. The summed E-state index contributed by atoms with van der Waals surface area (Å²) in [5.74, 6) is 1.06. The molecule has 1 nitrogen and oxygen atoms in total. The molecule has 4 unspecified atom stereocenters. The van der Waals surface area contributed by atoms with Crippen LogP contribution in [-0.2, 0) is 6.42 Å². The molecule has 0 bridgehead atoms. The van der Waals surface area contributed by atoms with E-state index in [1.165, 1.54) is 5.56 Å². The largest absolute Gasteiger partial charge is 0.392 e. The van der Waals surface area contributed by atoms with Gasteiger partial charge in [-0.15, -0.1) is 0 Å². The number of benzene rings is 1. The summed E-state index contributed by atoms with van der Waals surface area (Å²) >= 11 is 7.47. The number of halogens is 1. The molecule has 1 aromatic rings. The number of rotatable bonds is 3. The monoisotopic (exact) mass is 346 g/mol. The van der Waals surface area contributed by atoms with Gasteiger partial charge in [-0.1, -0.05) is 48.0 Å². The minimum atomic E-state index is -0.254. The van der Waals surface area contributed by atoms with Gasteiger partial charge >= 0.3 is 0 Å². The lowest BCUT2D eigenvalue weighted by Crippen LogP contribution is -2.35. The van der Waals surface area contributed by atoms with Gasteiger partial charge in [0, 0.05) is 32.4 Å². The molecule has 1 fully saturated rings. The molecule has 100 valence electrons. The third kappa shape index (κ3) is 3.69. The first kappa shape index (κ1) is 14.8.